The SMILES string of the molecule is COC(=O)C(Br)c1nc(-c2ccc(S(N)(=O)=O)cc2)c(-c2ccc(OC)c(F)c2)o1. The number of esters is 1. The van der Waals surface area contributed by atoms with Crippen LogP contribution in [-0.2, 0) is 19.6 Å². The van der Waals surface area contributed by atoms with Gasteiger partial charge in [0.2, 0.25) is 15.9 Å². The lowest BCUT2D eigenvalue weighted by Crippen LogP contribution is -2.11. The number of alkyl halides is 1. The van der Waals surface area contributed by atoms with Crippen molar-refractivity contribution >= 4 is 31.9 Å². The van der Waals surface area contributed by atoms with Crippen LogP contribution in [0.15, 0.2) is 51.8 Å². The van der Waals surface area contributed by atoms with Gasteiger partial charge in [-0.05, 0) is 30.3 Å². The van der Waals surface area contributed by atoms with Crippen molar-refractivity contribution in [3.8, 4) is 28.3 Å². The molecule has 2 N–H and O–H groups in total. The van der Waals surface area contributed by atoms with Gasteiger partial charge in [0.05, 0.1) is 19.1 Å². The average molecular weight is 499 g/mol. The van der Waals surface area contributed by atoms with Gasteiger partial charge in [0.25, 0.3) is 0 Å². The van der Waals surface area contributed by atoms with E-state index in [0.717, 1.165) is 0 Å². The zero-order valence-corrected chi connectivity index (χ0v) is 18.2. The van der Waals surface area contributed by atoms with Crippen LogP contribution in [0.25, 0.3) is 22.6 Å². The number of halogens is 2. The Hall–Kier alpha value is -2.76. The van der Waals surface area contributed by atoms with E-state index in [4.69, 9.17) is 14.3 Å². The van der Waals surface area contributed by atoms with Gasteiger partial charge >= 0.3 is 5.97 Å². The number of carbonyl (C=O) groups excluding carboxylic acids is 1. The van der Waals surface area contributed by atoms with E-state index in [2.05, 4.69) is 25.7 Å². The molecule has 0 aliphatic carbocycles. The third-order valence-electron chi connectivity index (χ3n) is 4.14. The van der Waals surface area contributed by atoms with E-state index in [1.54, 1.807) is 6.07 Å². The molecule has 3 rings (SSSR count). The minimum atomic E-state index is -3.88. The maximum Gasteiger partial charge on any atom is 0.329 e. The van der Waals surface area contributed by atoms with Crippen molar-refractivity contribution in [1.82, 2.24) is 4.98 Å². The van der Waals surface area contributed by atoms with Crippen LogP contribution in [0, 0.1) is 5.82 Å². The van der Waals surface area contributed by atoms with Gasteiger partial charge in [-0.25, -0.2) is 22.9 Å². The molecule has 0 spiro atoms. The number of oxazole rings is 1. The second-order valence-electron chi connectivity index (χ2n) is 6.03. The van der Waals surface area contributed by atoms with Crippen LogP contribution in [0.1, 0.15) is 10.7 Å². The van der Waals surface area contributed by atoms with Crippen LogP contribution in [-0.4, -0.2) is 33.6 Å². The van der Waals surface area contributed by atoms with Gasteiger partial charge in [-0.3, -0.25) is 4.79 Å². The van der Waals surface area contributed by atoms with Crippen molar-refractivity contribution in [2.24, 2.45) is 5.14 Å². The lowest BCUT2D eigenvalue weighted by molar-refractivity contribution is -0.140. The number of ether oxygens (including phenoxy) is 2. The summed E-state index contributed by atoms with van der Waals surface area (Å²) in [4.78, 5) is 15.1. The number of aromatic nitrogens is 1. The molecule has 1 heterocycles. The summed E-state index contributed by atoms with van der Waals surface area (Å²) in [5.74, 6) is -1.06. The fraction of sp³-hybridized carbons (Fsp3) is 0.158. The van der Waals surface area contributed by atoms with E-state index < -0.39 is 26.6 Å². The second-order valence-corrected chi connectivity index (χ2v) is 8.51. The first-order valence-electron chi connectivity index (χ1n) is 8.35. The standard InChI is InChI=1S/C19H16BrFN2O6S/c1-27-14-8-5-11(9-13(14)21)17-16(23-18(29-17)15(20)19(24)28-2)10-3-6-12(7-4-10)30(22,25)26/h3-9,15H,1-2H3,(H2,22,25,26). The van der Waals surface area contributed by atoms with E-state index in [9.17, 15) is 17.6 Å². The molecule has 1 unspecified atom stereocenters. The smallest absolute Gasteiger partial charge is 0.329 e. The van der Waals surface area contributed by atoms with E-state index in [0.29, 0.717) is 11.1 Å². The van der Waals surface area contributed by atoms with Crippen molar-refractivity contribution in [1.29, 1.82) is 0 Å². The van der Waals surface area contributed by atoms with Crippen LogP contribution >= 0.6 is 15.9 Å². The first kappa shape index (κ1) is 21.9. The molecule has 158 valence electrons. The molecule has 0 aliphatic rings. The van der Waals surface area contributed by atoms with Gasteiger partial charge in [-0.2, -0.15) is 0 Å². The van der Waals surface area contributed by atoms with E-state index in [1.165, 1.54) is 50.6 Å². The minimum Gasteiger partial charge on any atom is -0.494 e. The van der Waals surface area contributed by atoms with Gasteiger partial charge < -0.3 is 13.9 Å². The zero-order valence-electron chi connectivity index (χ0n) is 15.8. The zero-order chi connectivity index (χ0) is 22.1. The number of rotatable bonds is 6. The fourth-order valence-corrected chi connectivity index (χ4v) is 3.55. The molecule has 0 saturated carbocycles. The molecule has 0 amide bonds. The number of benzene rings is 2. The molecular weight excluding hydrogens is 483 g/mol. The highest BCUT2D eigenvalue weighted by molar-refractivity contribution is 9.09. The maximum atomic E-state index is 14.3. The fourth-order valence-electron chi connectivity index (χ4n) is 2.65. The Morgan fingerprint density at radius 1 is 1.17 bits per heavy atom. The molecule has 1 aromatic heterocycles. The highest BCUT2D eigenvalue weighted by Gasteiger charge is 2.27. The number of nitrogens with two attached hydrogens (primary N) is 1. The first-order valence-corrected chi connectivity index (χ1v) is 10.8. The Morgan fingerprint density at radius 2 is 1.80 bits per heavy atom. The second kappa shape index (κ2) is 8.54. The summed E-state index contributed by atoms with van der Waals surface area (Å²) in [7, 11) is -1.32. The Balaban J connectivity index is 2.16. The molecule has 0 radical (unpaired) electrons. The number of primary sulfonamides is 1. The molecule has 0 fully saturated rings. The number of sulfonamides is 1. The van der Waals surface area contributed by atoms with E-state index >= 15 is 0 Å². The third-order valence-corrected chi connectivity index (χ3v) is 5.83. The summed E-state index contributed by atoms with van der Waals surface area (Å²) >= 11 is 3.16. The molecule has 2 aromatic carbocycles. The van der Waals surface area contributed by atoms with E-state index in [1.807, 2.05) is 0 Å². The van der Waals surface area contributed by atoms with Crippen LogP contribution in [0.5, 0.6) is 5.75 Å². The first-order chi connectivity index (χ1) is 14.2. The van der Waals surface area contributed by atoms with Crippen LogP contribution in [0.4, 0.5) is 4.39 Å². The normalized spacial score (nSPS) is 12.4. The third kappa shape index (κ3) is 4.37. The maximum absolute atomic E-state index is 14.3. The number of methoxy groups -OCH3 is 2. The summed E-state index contributed by atoms with van der Waals surface area (Å²) in [5.41, 5.74) is 1.07. The van der Waals surface area contributed by atoms with E-state index in [-0.39, 0.29) is 28.0 Å². The molecule has 8 nitrogen and oxygen atoms in total. The van der Waals surface area contributed by atoms with Gasteiger partial charge in [0, 0.05) is 11.1 Å². The summed E-state index contributed by atoms with van der Waals surface area (Å²) in [5, 5.41) is 5.13. The summed E-state index contributed by atoms with van der Waals surface area (Å²) in [6.07, 6.45) is 0. The Labute approximate surface area is 180 Å². The van der Waals surface area contributed by atoms with Gasteiger partial charge in [0.15, 0.2) is 22.2 Å². The van der Waals surface area contributed by atoms with Crippen LogP contribution < -0.4 is 9.88 Å². The predicted molar refractivity (Wildman–Crippen MR) is 109 cm³/mol. The average Bonchev–Trinajstić information content (AvgIpc) is 3.17. The van der Waals surface area contributed by atoms with Gasteiger partial charge in [-0.1, -0.05) is 28.1 Å². The number of hydrogen-bond donors (Lipinski definition) is 1. The highest BCUT2D eigenvalue weighted by atomic mass is 79.9. The van der Waals surface area contributed by atoms with Crippen molar-refractivity contribution in [2.45, 2.75) is 9.72 Å². The van der Waals surface area contributed by atoms with Crippen molar-refractivity contribution in [3.63, 3.8) is 0 Å². The van der Waals surface area contributed by atoms with Crippen molar-refractivity contribution in [3.05, 3.63) is 54.2 Å². The monoisotopic (exact) mass is 498 g/mol. The number of hydrogen-bond acceptors (Lipinski definition) is 7. The van der Waals surface area contributed by atoms with Crippen molar-refractivity contribution < 1.29 is 31.5 Å². The number of nitrogens with zero attached hydrogens (tertiary/aromatic N) is 1. The van der Waals surface area contributed by atoms with Gasteiger partial charge in [0.1, 0.15) is 5.69 Å². The molecule has 30 heavy (non-hydrogen) atoms. The summed E-state index contributed by atoms with van der Waals surface area (Å²) in [6, 6.07) is 9.76. The lowest BCUT2D eigenvalue weighted by atomic mass is 10.1. The molecule has 0 bridgehead atoms. The molecule has 3 aromatic rings. The summed E-state index contributed by atoms with van der Waals surface area (Å²) < 4.78 is 52.6. The molecular formula is C19H16BrFN2O6S. The van der Waals surface area contributed by atoms with Gasteiger partial charge in [-0.15, -0.1) is 0 Å². The molecule has 1 atom stereocenters. The van der Waals surface area contributed by atoms with Crippen LogP contribution in [0.3, 0.4) is 0 Å². The quantitative estimate of drug-likeness (QED) is 0.408. The predicted octanol–water partition coefficient (Wildman–Crippen LogP) is 3.41. The molecule has 11 heteroatoms. The largest absolute Gasteiger partial charge is 0.494 e. The molecule has 0 aliphatic heterocycles. The summed E-state index contributed by atoms with van der Waals surface area (Å²) in [6.45, 7) is 0. The lowest BCUT2D eigenvalue weighted by Gasteiger charge is -2.06. The topological polar surface area (TPSA) is 122 Å². The minimum absolute atomic E-state index is 0.0152. The van der Waals surface area contributed by atoms with Crippen LogP contribution in [0.2, 0.25) is 0 Å². The Morgan fingerprint density at radius 3 is 2.33 bits per heavy atom. The molecule has 0 saturated heterocycles. The Bertz CT molecular complexity index is 1190. The number of carbonyl (C=O) groups is 1. The Kier molecular flexibility index (Phi) is 6.25. The van der Waals surface area contributed by atoms with Crippen molar-refractivity contribution in [2.75, 3.05) is 14.2 Å². The highest BCUT2D eigenvalue weighted by Crippen LogP contribution is 2.38.